The monoisotopic (exact) mass is 461 g/mol. The topological polar surface area (TPSA) is 80.1 Å². The lowest BCUT2D eigenvalue weighted by Crippen LogP contribution is -2.31. The Morgan fingerprint density at radius 2 is 1.66 bits per heavy atom. The number of carbonyl (C=O) groups excluding carboxylic acids is 1. The van der Waals surface area contributed by atoms with Crippen LogP contribution in [-0.4, -0.2) is 27.6 Å². The van der Waals surface area contributed by atoms with E-state index in [1.54, 1.807) is 29.9 Å². The van der Waals surface area contributed by atoms with Gasteiger partial charge < -0.3 is 5.32 Å². The summed E-state index contributed by atoms with van der Waals surface area (Å²) < 4.78 is 1.56. The van der Waals surface area contributed by atoms with Crippen LogP contribution >= 0.6 is 0 Å². The van der Waals surface area contributed by atoms with Gasteiger partial charge in [-0.25, -0.2) is 14.8 Å². The van der Waals surface area contributed by atoms with Gasteiger partial charge in [-0.2, -0.15) is 0 Å². The lowest BCUT2D eigenvalue weighted by atomic mass is 10.1. The Bertz CT molecular complexity index is 1550. The van der Waals surface area contributed by atoms with Crippen LogP contribution in [0.15, 0.2) is 108 Å². The van der Waals surface area contributed by atoms with Crippen molar-refractivity contribution in [3.63, 3.8) is 0 Å². The Kier molecular flexibility index (Phi) is 6.05. The number of fused-ring (bicyclic) bond motifs is 1. The van der Waals surface area contributed by atoms with E-state index in [1.165, 1.54) is 4.90 Å². The van der Waals surface area contributed by atoms with Crippen molar-refractivity contribution >= 4 is 28.6 Å². The number of aromatic nitrogens is 3. The van der Waals surface area contributed by atoms with Crippen molar-refractivity contribution < 1.29 is 4.79 Å². The number of nitrogens with one attached hydrogen (secondary N) is 1. The summed E-state index contributed by atoms with van der Waals surface area (Å²) in [6.07, 6.45) is 2.05. The van der Waals surface area contributed by atoms with Crippen molar-refractivity contribution in [3.8, 4) is 5.69 Å². The number of urea groups is 1. The molecule has 0 unspecified atom stereocenters. The second kappa shape index (κ2) is 9.61. The van der Waals surface area contributed by atoms with Crippen LogP contribution in [0.3, 0.4) is 0 Å². The minimum atomic E-state index is -0.289. The van der Waals surface area contributed by atoms with Crippen LogP contribution < -0.4 is 15.8 Å². The minimum absolute atomic E-state index is 0.242. The highest BCUT2D eigenvalue weighted by Crippen LogP contribution is 2.21. The fourth-order valence-electron chi connectivity index (χ4n) is 3.90. The molecule has 0 aliphatic rings. The lowest BCUT2D eigenvalue weighted by Gasteiger charge is -2.19. The second-order valence-corrected chi connectivity index (χ2v) is 8.08. The van der Waals surface area contributed by atoms with Crippen molar-refractivity contribution in [2.45, 2.75) is 6.42 Å². The van der Waals surface area contributed by atoms with Gasteiger partial charge in [-0.15, -0.1) is 0 Å². The van der Waals surface area contributed by atoms with Gasteiger partial charge >= 0.3 is 6.03 Å². The molecule has 1 N–H and O–H groups in total. The predicted octanol–water partition coefficient (Wildman–Crippen LogP) is 5.04. The molecule has 0 aliphatic carbocycles. The molecule has 5 rings (SSSR count). The zero-order chi connectivity index (χ0) is 24.2. The van der Waals surface area contributed by atoms with Crippen LogP contribution in [0.2, 0.25) is 0 Å². The SMILES string of the molecule is CN(C(=O)Nc1ccccc1)c1cccc(-n2c(=O)c(Cc3ccccc3)nc3cccnc32)c1. The van der Waals surface area contributed by atoms with E-state index in [1.807, 2.05) is 84.9 Å². The fraction of sp³-hybridized carbons (Fsp3) is 0.0714. The number of para-hydroxylation sites is 1. The molecule has 0 aliphatic heterocycles. The van der Waals surface area contributed by atoms with Gasteiger partial charge in [0.2, 0.25) is 0 Å². The molecule has 2 aromatic heterocycles. The Labute approximate surface area is 202 Å². The first-order chi connectivity index (χ1) is 17.1. The van der Waals surface area contributed by atoms with E-state index < -0.39 is 0 Å². The molecular weight excluding hydrogens is 438 g/mol. The van der Waals surface area contributed by atoms with E-state index in [0.717, 1.165) is 5.56 Å². The highest BCUT2D eigenvalue weighted by molar-refractivity contribution is 6.01. The zero-order valence-corrected chi connectivity index (χ0v) is 19.1. The van der Waals surface area contributed by atoms with Crippen molar-refractivity contribution in [2.24, 2.45) is 0 Å². The average Bonchev–Trinajstić information content (AvgIpc) is 2.90. The summed E-state index contributed by atoms with van der Waals surface area (Å²) in [6.45, 7) is 0. The third kappa shape index (κ3) is 4.65. The predicted molar refractivity (Wildman–Crippen MR) is 138 cm³/mol. The number of hydrogen-bond acceptors (Lipinski definition) is 4. The lowest BCUT2D eigenvalue weighted by molar-refractivity contribution is 0.258. The molecule has 0 fully saturated rings. The smallest absolute Gasteiger partial charge is 0.308 e. The Balaban J connectivity index is 1.55. The maximum Gasteiger partial charge on any atom is 0.326 e. The van der Waals surface area contributed by atoms with Gasteiger partial charge in [-0.1, -0.05) is 54.6 Å². The summed E-state index contributed by atoms with van der Waals surface area (Å²) in [6, 6.07) is 29.6. The highest BCUT2D eigenvalue weighted by atomic mass is 16.2. The number of amides is 2. The average molecular weight is 462 g/mol. The van der Waals surface area contributed by atoms with Crippen LogP contribution in [0, 0.1) is 0 Å². The first kappa shape index (κ1) is 22.0. The van der Waals surface area contributed by atoms with Crippen LogP contribution in [0.5, 0.6) is 0 Å². The molecule has 5 aromatic rings. The number of carbonyl (C=O) groups is 1. The zero-order valence-electron chi connectivity index (χ0n) is 19.1. The molecule has 3 aromatic carbocycles. The molecule has 7 nitrogen and oxygen atoms in total. The van der Waals surface area contributed by atoms with Crippen molar-refractivity contribution in [1.82, 2.24) is 14.5 Å². The first-order valence-electron chi connectivity index (χ1n) is 11.2. The van der Waals surface area contributed by atoms with Crippen LogP contribution in [0.1, 0.15) is 11.3 Å². The number of pyridine rings is 1. The Morgan fingerprint density at radius 1 is 0.914 bits per heavy atom. The summed E-state index contributed by atoms with van der Waals surface area (Å²) >= 11 is 0. The summed E-state index contributed by atoms with van der Waals surface area (Å²) in [7, 11) is 1.68. The molecule has 0 saturated heterocycles. The quantitative estimate of drug-likeness (QED) is 0.398. The Hall–Kier alpha value is -4.78. The van der Waals surface area contributed by atoms with Gasteiger partial charge in [0.25, 0.3) is 5.56 Å². The summed E-state index contributed by atoms with van der Waals surface area (Å²) in [5, 5.41) is 2.87. The molecule has 0 atom stereocenters. The van der Waals surface area contributed by atoms with Crippen molar-refractivity contribution in [1.29, 1.82) is 0 Å². The normalized spacial score (nSPS) is 10.8. The van der Waals surface area contributed by atoms with Crippen LogP contribution in [-0.2, 0) is 6.42 Å². The van der Waals surface area contributed by atoms with Gasteiger partial charge in [-0.05, 0) is 48.0 Å². The Morgan fingerprint density at radius 3 is 2.43 bits per heavy atom. The van der Waals surface area contributed by atoms with Crippen LogP contribution in [0.4, 0.5) is 16.2 Å². The van der Waals surface area contributed by atoms with Crippen molar-refractivity contribution in [3.05, 3.63) is 125 Å². The van der Waals surface area contributed by atoms with Gasteiger partial charge in [0.05, 0.1) is 5.69 Å². The van der Waals surface area contributed by atoms with Gasteiger partial charge in [-0.3, -0.25) is 14.3 Å². The number of benzene rings is 3. The number of nitrogens with zero attached hydrogens (tertiary/aromatic N) is 4. The third-order valence-electron chi connectivity index (χ3n) is 5.70. The molecule has 172 valence electrons. The molecule has 0 saturated carbocycles. The maximum absolute atomic E-state index is 13.6. The third-order valence-corrected chi connectivity index (χ3v) is 5.70. The van der Waals surface area contributed by atoms with E-state index in [4.69, 9.17) is 0 Å². The highest BCUT2D eigenvalue weighted by Gasteiger charge is 2.16. The molecule has 35 heavy (non-hydrogen) atoms. The molecule has 2 heterocycles. The summed E-state index contributed by atoms with van der Waals surface area (Å²) in [4.78, 5) is 37.0. The van der Waals surface area contributed by atoms with Crippen LogP contribution in [0.25, 0.3) is 16.9 Å². The number of anilines is 2. The fourth-order valence-corrected chi connectivity index (χ4v) is 3.90. The number of hydrogen-bond donors (Lipinski definition) is 1. The molecule has 0 spiro atoms. The van der Waals surface area contributed by atoms with E-state index in [-0.39, 0.29) is 11.6 Å². The van der Waals surface area contributed by atoms with E-state index in [0.29, 0.717) is 40.3 Å². The van der Waals surface area contributed by atoms with E-state index in [2.05, 4.69) is 15.3 Å². The van der Waals surface area contributed by atoms with E-state index in [9.17, 15) is 9.59 Å². The maximum atomic E-state index is 13.6. The summed E-state index contributed by atoms with van der Waals surface area (Å²) in [5.74, 6) is 0. The second-order valence-electron chi connectivity index (χ2n) is 8.08. The standard InChI is InChI=1S/C28H23N5O2/c1-32(28(35)30-21-12-6-3-7-13-21)22-14-8-15-23(19-22)33-26-24(16-9-17-29-26)31-25(27(33)34)18-20-10-4-2-5-11-20/h2-17,19H,18H2,1H3,(H,30,35). The molecule has 0 radical (unpaired) electrons. The molecular formula is C28H23N5O2. The molecule has 2 amide bonds. The van der Waals surface area contributed by atoms with Crippen molar-refractivity contribution in [2.75, 3.05) is 17.3 Å². The molecule has 0 bridgehead atoms. The van der Waals surface area contributed by atoms with Gasteiger partial charge in [0.1, 0.15) is 11.2 Å². The largest absolute Gasteiger partial charge is 0.326 e. The van der Waals surface area contributed by atoms with Gasteiger partial charge in [0.15, 0.2) is 5.65 Å². The first-order valence-corrected chi connectivity index (χ1v) is 11.2. The minimum Gasteiger partial charge on any atom is -0.308 e. The van der Waals surface area contributed by atoms with E-state index >= 15 is 0 Å². The summed E-state index contributed by atoms with van der Waals surface area (Å²) in [5.41, 5.74) is 4.21. The molecule has 7 heteroatoms. The van der Waals surface area contributed by atoms with Gasteiger partial charge in [0, 0.05) is 31.0 Å². The number of rotatable bonds is 5.